The van der Waals surface area contributed by atoms with Crippen LogP contribution in [0.15, 0.2) is 127 Å². The number of aryl methyl sites for hydroxylation is 1. The summed E-state index contributed by atoms with van der Waals surface area (Å²) in [5.74, 6) is 0. The predicted molar refractivity (Wildman–Crippen MR) is 173 cm³/mol. The molecule has 2 nitrogen and oxygen atoms in total. The molecule has 0 spiro atoms. The van der Waals surface area contributed by atoms with E-state index in [0.717, 1.165) is 0 Å². The van der Waals surface area contributed by atoms with Gasteiger partial charge in [-0.1, -0.05) is 78.4 Å². The van der Waals surface area contributed by atoms with Crippen LogP contribution in [0.25, 0.3) is 75.2 Å². The summed E-state index contributed by atoms with van der Waals surface area (Å²) in [7, 11) is 0. The lowest BCUT2D eigenvalue weighted by Gasteiger charge is -2.09. The minimum Gasteiger partial charge on any atom is -0.309 e. The summed E-state index contributed by atoms with van der Waals surface area (Å²) in [5, 5.41) is 7.79. The van der Waals surface area contributed by atoms with Crippen molar-refractivity contribution >= 4 is 75.1 Å². The zero-order chi connectivity index (χ0) is 26.4. The summed E-state index contributed by atoms with van der Waals surface area (Å²) in [6.45, 7) is 2.17. The highest BCUT2D eigenvalue weighted by molar-refractivity contribution is 7.26. The Bertz CT molecular complexity index is 2400. The molecule has 0 radical (unpaired) electrons. The maximum atomic E-state index is 2.44. The first-order valence-corrected chi connectivity index (χ1v) is 14.5. The van der Waals surface area contributed by atoms with Crippen LogP contribution in [0.5, 0.6) is 0 Å². The molecule has 0 aliphatic rings. The van der Waals surface area contributed by atoms with Crippen molar-refractivity contribution in [2.75, 3.05) is 0 Å². The van der Waals surface area contributed by atoms with Gasteiger partial charge in [0.15, 0.2) is 0 Å². The lowest BCUT2D eigenvalue weighted by atomic mass is 10.1. The van der Waals surface area contributed by atoms with E-state index < -0.39 is 0 Å². The van der Waals surface area contributed by atoms with Crippen molar-refractivity contribution in [3.8, 4) is 11.4 Å². The number of nitrogens with zero attached hydrogens (tertiary/aromatic N) is 2. The maximum absolute atomic E-state index is 2.44. The first-order valence-electron chi connectivity index (χ1n) is 13.7. The number of thiophene rings is 1. The third-order valence-corrected chi connectivity index (χ3v) is 9.58. The van der Waals surface area contributed by atoms with Crippen LogP contribution in [-0.4, -0.2) is 9.13 Å². The monoisotopic (exact) mass is 528 g/mol. The van der Waals surface area contributed by atoms with Gasteiger partial charge in [-0.2, -0.15) is 0 Å². The largest absolute Gasteiger partial charge is 0.309 e. The van der Waals surface area contributed by atoms with E-state index in [4.69, 9.17) is 0 Å². The molecule has 0 N–H and O–H groups in total. The van der Waals surface area contributed by atoms with Gasteiger partial charge in [0, 0.05) is 42.7 Å². The molecule has 0 unspecified atom stereocenters. The molecule has 0 saturated carbocycles. The van der Waals surface area contributed by atoms with Crippen LogP contribution in [-0.2, 0) is 0 Å². The van der Waals surface area contributed by atoms with E-state index in [0.29, 0.717) is 0 Å². The Morgan fingerprint density at radius 2 is 1.05 bits per heavy atom. The van der Waals surface area contributed by atoms with Crippen molar-refractivity contribution in [1.29, 1.82) is 0 Å². The lowest BCUT2D eigenvalue weighted by Crippen LogP contribution is -1.94. The molecule has 0 atom stereocenters. The van der Waals surface area contributed by atoms with Gasteiger partial charge in [0.1, 0.15) is 0 Å². The summed E-state index contributed by atoms with van der Waals surface area (Å²) in [4.78, 5) is 0. The molecule has 9 rings (SSSR count). The van der Waals surface area contributed by atoms with Gasteiger partial charge in [-0.3, -0.25) is 0 Å². The molecule has 0 amide bonds. The van der Waals surface area contributed by atoms with Crippen LogP contribution in [0.1, 0.15) is 5.56 Å². The third kappa shape index (κ3) is 2.93. The van der Waals surface area contributed by atoms with Crippen molar-refractivity contribution in [2.45, 2.75) is 6.92 Å². The van der Waals surface area contributed by atoms with Crippen molar-refractivity contribution in [1.82, 2.24) is 9.13 Å². The first kappa shape index (κ1) is 22.0. The van der Waals surface area contributed by atoms with E-state index in [2.05, 4.69) is 143 Å². The molecule has 40 heavy (non-hydrogen) atoms. The van der Waals surface area contributed by atoms with E-state index in [-0.39, 0.29) is 0 Å². The van der Waals surface area contributed by atoms with Gasteiger partial charge in [-0.05, 0) is 61.5 Å². The summed E-state index contributed by atoms with van der Waals surface area (Å²) in [6, 6.07) is 46.8. The molecule has 6 aromatic carbocycles. The summed E-state index contributed by atoms with van der Waals surface area (Å²) < 4.78 is 7.49. The van der Waals surface area contributed by atoms with Gasteiger partial charge in [0.25, 0.3) is 0 Å². The number of fused-ring (bicyclic) bond motifs is 9. The number of hydrogen-bond acceptors (Lipinski definition) is 1. The minimum atomic E-state index is 1.20. The van der Waals surface area contributed by atoms with E-state index in [1.807, 2.05) is 11.3 Å². The number of hydrogen-bond donors (Lipinski definition) is 0. The standard InChI is InChI=1S/C37H24N2S/c1-23-17-19-34-29(21-23)27-11-4-5-13-31(27)38(34)24-18-20-36-30(22-24)28-12-8-16-35(37(28)40-36)39-32-14-6-2-9-25(32)26-10-3-7-15-33(26)39/h2-22H,1H3. The van der Waals surface area contributed by atoms with Crippen molar-refractivity contribution in [3.63, 3.8) is 0 Å². The minimum absolute atomic E-state index is 1.20. The van der Waals surface area contributed by atoms with Crippen LogP contribution in [0.2, 0.25) is 0 Å². The lowest BCUT2D eigenvalue weighted by molar-refractivity contribution is 1.19. The fourth-order valence-corrected chi connectivity index (χ4v) is 7.82. The Morgan fingerprint density at radius 1 is 0.450 bits per heavy atom. The second kappa shape index (κ2) is 8.08. The van der Waals surface area contributed by atoms with Gasteiger partial charge in [0.2, 0.25) is 0 Å². The number of aromatic nitrogens is 2. The molecule has 9 aromatic rings. The molecule has 0 bridgehead atoms. The quantitative estimate of drug-likeness (QED) is 0.211. The molecular weight excluding hydrogens is 504 g/mol. The Kier molecular flexibility index (Phi) is 4.44. The van der Waals surface area contributed by atoms with Crippen LogP contribution in [0.3, 0.4) is 0 Å². The maximum Gasteiger partial charge on any atom is 0.0640 e. The summed E-state index contributed by atoms with van der Waals surface area (Å²) >= 11 is 1.89. The highest BCUT2D eigenvalue weighted by Gasteiger charge is 2.17. The molecule has 3 heterocycles. The second-order valence-electron chi connectivity index (χ2n) is 10.7. The molecule has 3 aromatic heterocycles. The average Bonchev–Trinajstić information content (AvgIpc) is 3.64. The van der Waals surface area contributed by atoms with Crippen LogP contribution in [0.4, 0.5) is 0 Å². The topological polar surface area (TPSA) is 9.86 Å². The van der Waals surface area contributed by atoms with E-state index in [1.54, 1.807) is 0 Å². The highest BCUT2D eigenvalue weighted by atomic mass is 32.1. The molecule has 188 valence electrons. The van der Waals surface area contributed by atoms with E-state index >= 15 is 0 Å². The number of rotatable bonds is 2. The molecule has 0 aliphatic carbocycles. The SMILES string of the molecule is Cc1ccc2c(c1)c1ccccc1n2-c1ccc2sc3c(-n4c5ccccc5c5ccccc54)cccc3c2c1. The zero-order valence-electron chi connectivity index (χ0n) is 21.9. The molecule has 0 aliphatic heterocycles. The Labute approximate surface area is 234 Å². The Hall–Kier alpha value is -4.86. The van der Waals surface area contributed by atoms with Crippen LogP contribution < -0.4 is 0 Å². The number of para-hydroxylation sites is 3. The van der Waals surface area contributed by atoms with E-state index in [9.17, 15) is 0 Å². The molecule has 0 fully saturated rings. The normalized spacial score (nSPS) is 12.1. The Balaban J connectivity index is 1.34. The van der Waals surface area contributed by atoms with Gasteiger partial charge < -0.3 is 9.13 Å². The van der Waals surface area contributed by atoms with Gasteiger partial charge in [-0.25, -0.2) is 0 Å². The summed E-state index contributed by atoms with van der Waals surface area (Å²) in [6.07, 6.45) is 0. The average molecular weight is 529 g/mol. The summed E-state index contributed by atoms with van der Waals surface area (Å²) in [5.41, 5.74) is 8.70. The van der Waals surface area contributed by atoms with Crippen molar-refractivity contribution in [2.24, 2.45) is 0 Å². The van der Waals surface area contributed by atoms with Crippen LogP contribution >= 0.6 is 11.3 Å². The van der Waals surface area contributed by atoms with Crippen molar-refractivity contribution < 1.29 is 0 Å². The predicted octanol–water partition coefficient (Wildman–Crippen LogP) is 10.6. The third-order valence-electron chi connectivity index (χ3n) is 8.37. The first-order chi connectivity index (χ1) is 19.8. The van der Waals surface area contributed by atoms with Gasteiger partial charge >= 0.3 is 0 Å². The smallest absolute Gasteiger partial charge is 0.0640 e. The fraction of sp³-hybridized carbons (Fsp3) is 0.0270. The van der Waals surface area contributed by atoms with E-state index in [1.165, 1.54) is 80.7 Å². The van der Waals surface area contributed by atoms with Crippen molar-refractivity contribution in [3.05, 3.63) is 133 Å². The highest BCUT2D eigenvalue weighted by Crippen LogP contribution is 2.42. The van der Waals surface area contributed by atoms with Crippen LogP contribution in [0, 0.1) is 6.92 Å². The Morgan fingerprint density at radius 3 is 1.77 bits per heavy atom. The molecule has 0 saturated heterocycles. The van der Waals surface area contributed by atoms with Gasteiger partial charge in [-0.15, -0.1) is 11.3 Å². The second-order valence-corrected chi connectivity index (χ2v) is 11.7. The molecule has 3 heteroatoms. The van der Waals surface area contributed by atoms with Gasteiger partial charge in [0.05, 0.1) is 32.5 Å². The zero-order valence-corrected chi connectivity index (χ0v) is 22.7. The molecular formula is C37H24N2S. The number of benzene rings is 6. The fourth-order valence-electron chi connectivity index (χ4n) is 6.63.